The number of sulfonamides is 2. The van der Waals surface area contributed by atoms with Gasteiger partial charge in [0, 0.05) is 6.26 Å². The Balaban J connectivity index is 3.05. The van der Waals surface area contributed by atoms with Gasteiger partial charge in [-0.15, -0.1) is 0 Å². The van der Waals surface area contributed by atoms with Crippen molar-refractivity contribution in [1.29, 1.82) is 0 Å². The van der Waals surface area contributed by atoms with Crippen molar-refractivity contribution in [2.75, 3.05) is 6.26 Å². The Morgan fingerprint density at radius 2 is 1.65 bits per heavy atom. The van der Waals surface area contributed by atoms with Crippen LogP contribution >= 0.6 is 0 Å². The van der Waals surface area contributed by atoms with E-state index < -0.39 is 44.6 Å². The summed E-state index contributed by atoms with van der Waals surface area (Å²) < 4.78 is 71.3. The zero-order valence-corrected chi connectivity index (χ0v) is 10.8. The van der Waals surface area contributed by atoms with E-state index in [0.29, 0.717) is 0 Å². The second kappa shape index (κ2) is 3.28. The molecule has 0 amide bonds. The van der Waals surface area contributed by atoms with E-state index in [1.54, 1.807) is 0 Å². The summed E-state index contributed by atoms with van der Waals surface area (Å²) in [4.78, 5) is -1.91. The maximum absolute atomic E-state index is 11.5. The second-order valence-electron chi connectivity index (χ2n) is 3.38. The first-order valence-electron chi connectivity index (χ1n) is 4.13. The predicted molar refractivity (Wildman–Crippen MR) is 57.3 cm³/mol. The van der Waals surface area contributed by atoms with Gasteiger partial charge < -0.3 is 4.13 Å². The van der Waals surface area contributed by atoms with E-state index in [1.165, 1.54) is 0 Å². The fourth-order valence-electron chi connectivity index (χ4n) is 1.45. The minimum absolute atomic E-state index is 0.556. The van der Waals surface area contributed by atoms with Gasteiger partial charge in [0.15, 0.2) is 9.84 Å². The Bertz CT molecular complexity index is 803. The lowest BCUT2D eigenvalue weighted by Crippen LogP contribution is -2.04. The van der Waals surface area contributed by atoms with E-state index in [1.807, 2.05) is 0 Å². The smallest absolute Gasteiger partial charge is 0.176 e. The lowest BCUT2D eigenvalue weighted by Gasteiger charge is -2.08. The average molecular weight is 296 g/mol. The standard InChI is InChI=1S/C7H6NO6S3/c1-15(9,10)5-3-2-4-6-7(5)17(13,14)8-16(6,11)12/h2-4H,1H3/q-1. The van der Waals surface area contributed by atoms with Crippen LogP contribution in [-0.4, -0.2) is 31.5 Å². The molecule has 0 aliphatic carbocycles. The fraction of sp³-hybridized carbons (Fsp3) is 0.143. The molecular formula is C7H6NO6S3-. The molecule has 0 saturated heterocycles. The summed E-state index contributed by atoms with van der Waals surface area (Å²) in [5.41, 5.74) is 0. The van der Waals surface area contributed by atoms with Gasteiger partial charge in [0.2, 0.25) is 0 Å². The van der Waals surface area contributed by atoms with Crippen LogP contribution < -0.4 is 0 Å². The molecule has 1 heterocycles. The Labute approximate surface area is 98.5 Å². The van der Waals surface area contributed by atoms with Gasteiger partial charge in [0.1, 0.15) is 20.0 Å². The first-order chi connectivity index (χ1) is 7.56. The number of nitrogens with zero attached hydrogens (tertiary/aromatic N) is 1. The molecule has 1 aromatic rings. The van der Waals surface area contributed by atoms with Gasteiger partial charge in [-0.2, -0.15) is 0 Å². The first kappa shape index (κ1) is 12.5. The zero-order valence-electron chi connectivity index (χ0n) is 8.35. The van der Waals surface area contributed by atoms with Crippen LogP contribution in [-0.2, 0) is 29.9 Å². The van der Waals surface area contributed by atoms with E-state index in [4.69, 9.17) is 0 Å². The molecule has 0 bridgehead atoms. The van der Waals surface area contributed by atoms with Crippen molar-refractivity contribution in [3.8, 4) is 0 Å². The number of hydrogen-bond acceptors (Lipinski definition) is 6. The third-order valence-electron chi connectivity index (χ3n) is 2.07. The Kier molecular flexibility index (Phi) is 2.41. The van der Waals surface area contributed by atoms with Gasteiger partial charge >= 0.3 is 0 Å². The maximum Gasteiger partial charge on any atom is 0.176 e. The Hall–Kier alpha value is -0.970. The van der Waals surface area contributed by atoms with Crippen molar-refractivity contribution in [1.82, 2.24) is 0 Å². The van der Waals surface area contributed by atoms with Crippen molar-refractivity contribution < 1.29 is 25.3 Å². The highest BCUT2D eigenvalue weighted by Crippen LogP contribution is 2.41. The quantitative estimate of drug-likeness (QED) is 0.711. The van der Waals surface area contributed by atoms with Crippen molar-refractivity contribution in [2.24, 2.45) is 0 Å². The van der Waals surface area contributed by atoms with E-state index >= 15 is 0 Å². The van der Waals surface area contributed by atoms with Crippen LogP contribution in [0.15, 0.2) is 32.9 Å². The summed E-state index contributed by atoms with van der Waals surface area (Å²) in [6.45, 7) is 0. The Morgan fingerprint density at radius 1 is 1.06 bits per heavy atom. The van der Waals surface area contributed by atoms with Crippen LogP contribution in [0, 0.1) is 0 Å². The molecule has 0 spiro atoms. The molecule has 1 aliphatic heterocycles. The molecule has 1 aliphatic rings. The minimum Gasteiger partial charge on any atom is -0.427 e. The molecule has 7 nitrogen and oxygen atoms in total. The van der Waals surface area contributed by atoms with Crippen LogP contribution in [0.5, 0.6) is 0 Å². The fourth-order valence-corrected chi connectivity index (χ4v) is 6.58. The van der Waals surface area contributed by atoms with E-state index in [-0.39, 0.29) is 0 Å². The summed E-state index contributed by atoms with van der Waals surface area (Å²) in [6.07, 6.45) is 0.795. The van der Waals surface area contributed by atoms with Crippen molar-refractivity contribution in [3.63, 3.8) is 0 Å². The SMILES string of the molecule is CS(=O)(=O)c1cccc2c1S(=O)(=O)[N-]S2(=O)=O. The van der Waals surface area contributed by atoms with E-state index in [0.717, 1.165) is 24.5 Å². The number of rotatable bonds is 1. The van der Waals surface area contributed by atoms with Crippen molar-refractivity contribution >= 4 is 29.9 Å². The van der Waals surface area contributed by atoms with E-state index in [2.05, 4.69) is 4.13 Å². The molecule has 0 N–H and O–H groups in total. The second-order valence-corrected chi connectivity index (χ2v) is 8.71. The number of fused-ring (bicyclic) bond motifs is 1. The summed E-state index contributed by atoms with van der Waals surface area (Å²) in [7, 11) is -12.6. The maximum atomic E-state index is 11.5. The summed E-state index contributed by atoms with van der Waals surface area (Å²) in [5, 5.41) is 0. The third kappa shape index (κ3) is 1.86. The van der Waals surface area contributed by atoms with Crippen LogP contribution in [0.2, 0.25) is 0 Å². The Morgan fingerprint density at radius 3 is 2.18 bits per heavy atom. The lowest BCUT2D eigenvalue weighted by atomic mass is 10.4. The van der Waals surface area contributed by atoms with Gasteiger partial charge in [-0.25, -0.2) is 25.3 Å². The third-order valence-corrected chi connectivity index (χ3v) is 6.89. The lowest BCUT2D eigenvalue weighted by molar-refractivity contribution is 0.588. The molecule has 0 unspecified atom stereocenters. The van der Waals surface area contributed by atoms with Gasteiger partial charge in [0.25, 0.3) is 0 Å². The number of sulfone groups is 1. The molecule has 0 atom stereocenters. The molecule has 94 valence electrons. The predicted octanol–water partition coefficient (Wildman–Crippen LogP) is -0.145. The molecular weight excluding hydrogens is 290 g/mol. The topological polar surface area (TPSA) is 117 Å². The molecule has 1 aromatic carbocycles. The average Bonchev–Trinajstić information content (AvgIpc) is 2.31. The largest absolute Gasteiger partial charge is 0.427 e. The number of benzene rings is 1. The highest BCUT2D eigenvalue weighted by molar-refractivity contribution is 8.15. The summed E-state index contributed by atoms with van der Waals surface area (Å²) in [5.74, 6) is 0. The normalized spacial score (nSPS) is 21.0. The van der Waals surface area contributed by atoms with Crippen molar-refractivity contribution in [2.45, 2.75) is 14.7 Å². The first-order valence-corrected chi connectivity index (χ1v) is 8.90. The van der Waals surface area contributed by atoms with Gasteiger partial charge in [-0.3, -0.25) is 0 Å². The molecule has 0 saturated carbocycles. The highest BCUT2D eigenvalue weighted by Gasteiger charge is 2.32. The number of hydrogen-bond donors (Lipinski definition) is 0. The molecule has 0 fully saturated rings. The van der Waals surface area contributed by atoms with Crippen molar-refractivity contribution in [3.05, 3.63) is 22.3 Å². The minimum atomic E-state index is -4.47. The van der Waals surface area contributed by atoms with E-state index in [9.17, 15) is 25.3 Å². The zero-order chi connectivity index (χ0) is 13.1. The van der Waals surface area contributed by atoms with Crippen LogP contribution in [0.1, 0.15) is 0 Å². The summed E-state index contributed by atoms with van der Waals surface area (Å²) >= 11 is 0. The van der Waals surface area contributed by atoms with Gasteiger partial charge in [-0.05, 0) is 12.1 Å². The highest BCUT2D eigenvalue weighted by atomic mass is 32.3. The molecule has 10 heteroatoms. The van der Waals surface area contributed by atoms with Gasteiger partial charge in [-0.1, -0.05) is 6.07 Å². The van der Waals surface area contributed by atoms with Crippen LogP contribution in [0.25, 0.3) is 4.13 Å². The summed E-state index contributed by atoms with van der Waals surface area (Å²) in [6, 6.07) is 3.19. The monoisotopic (exact) mass is 296 g/mol. The molecule has 0 radical (unpaired) electrons. The van der Waals surface area contributed by atoms with Crippen LogP contribution in [0.3, 0.4) is 0 Å². The molecule has 17 heavy (non-hydrogen) atoms. The molecule has 0 aromatic heterocycles. The van der Waals surface area contributed by atoms with Crippen LogP contribution in [0.4, 0.5) is 0 Å². The van der Waals surface area contributed by atoms with Gasteiger partial charge in [0.05, 0.1) is 14.7 Å². The molecule has 2 rings (SSSR count).